The molecule has 1 unspecified atom stereocenters. The summed E-state index contributed by atoms with van der Waals surface area (Å²) in [4.78, 5) is 6.14. The minimum absolute atomic E-state index is 0.525. The second-order valence-electron chi connectivity index (χ2n) is 2.38. The average molecular weight is 127 g/mol. The number of hydrogen-bond acceptors (Lipinski definition) is 1. The van der Waals surface area contributed by atoms with Crippen molar-refractivity contribution in [2.75, 3.05) is 20.6 Å². The Morgan fingerprint density at radius 3 is 2.44 bits per heavy atom. The molecule has 2 nitrogen and oxygen atoms in total. The van der Waals surface area contributed by atoms with Gasteiger partial charge < -0.3 is 0 Å². The van der Waals surface area contributed by atoms with Crippen molar-refractivity contribution in [1.82, 2.24) is 4.90 Å². The predicted octanol–water partition coefficient (Wildman–Crippen LogP) is 1.29. The number of hydrogen-bond donors (Lipinski definition) is 0. The van der Waals surface area contributed by atoms with Crippen LogP contribution in [-0.2, 0) is 0 Å². The molecule has 2 heteroatoms. The van der Waals surface area contributed by atoms with Crippen molar-refractivity contribution < 1.29 is 0 Å². The normalized spacial score (nSPS) is 12.6. The van der Waals surface area contributed by atoms with Gasteiger partial charge in [0.2, 0.25) is 0 Å². The Kier molecular flexibility index (Phi) is 4.08. The predicted molar refractivity (Wildman–Crippen MR) is 40.9 cm³/mol. The van der Waals surface area contributed by atoms with Gasteiger partial charge in [-0.25, -0.2) is 0 Å². The molecule has 0 N–H and O–H groups in total. The lowest BCUT2D eigenvalue weighted by atomic mass is 10.3. The molecule has 0 aromatic heterocycles. The molecule has 0 aromatic rings. The Labute approximate surface area is 57.3 Å². The van der Waals surface area contributed by atoms with Crippen molar-refractivity contribution in [3.05, 3.63) is 4.85 Å². The third-order valence-corrected chi connectivity index (χ3v) is 1.40. The Balaban J connectivity index is 3.46. The van der Waals surface area contributed by atoms with E-state index < -0.39 is 0 Å². The lowest BCUT2D eigenvalue weighted by Gasteiger charge is -2.11. The third-order valence-electron chi connectivity index (χ3n) is 1.40. The molecule has 0 fully saturated rings. The molecule has 0 bridgehead atoms. The maximum atomic E-state index is 4.00. The Morgan fingerprint density at radius 2 is 2.11 bits per heavy atom. The second kappa shape index (κ2) is 4.34. The third kappa shape index (κ3) is 3.99. The molecule has 0 heterocycles. The Hall–Kier alpha value is -0.550. The van der Waals surface area contributed by atoms with Gasteiger partial charge in [0.1, 0.15) is 0 Å². The van der Waals surface area contributed by atoms with Crippen LogP contribution in [0, 0.1) is 6.07 Å². The summed E-state index contributed by atoms with van der Waals surface area (Å²) in [6.45, 7) is 4.81. The van der Waals surface area contributed by atoms with E-state index in [1.54, 1.807) is 0 Å². The molecule has 0 saturated heterocycles. The zero-order valence-electron chi connectivity index (χ0n) is 6.68. The molecule has 0 amide bonds. The minimum Gasteiger partial charge on any atom is -0.300 e. The first-order chi connectivity index (χ1) is 4.18. The standard InChI is InChI=1S/C7H15N2/c1-5-8-6-7(2)9(3)4/h7H,6H2,1-4H3/q+1. The Bertz CT molecular complexity index is 119. The van der Waals surface area contributed by atoms with Crippen molar-refractivity contribution in [2.24, 2.45) is 0 Å². The topological polar surface area (TPSA) is 7.60 Å². The van der Waals surface area contributed by atoms with E-state index in [1.165, 1.54) is 0 Å². The fourth-order valence-electron chi connectivity index (χ4n) is 0.387. The van der Waals surface area contributed by atoms with Gasteiger partial charge in [-0.15, -0.1) is 0 Å². The van der Waals surface area contributed by atoms with Crippen molar-refractivity contribution in [1.29, 1.82) is 0 Å². The molecule has 52 valence electrons. The van der Waals surface area contributed by atoms with Crippen molar-refractivity contribution in [2.45, 2.75) is 19.9 Å². The summed E-state index contributed by atoms with van der Waals surface area (Å²) in [5.41, 5.74) is 0. The fourth-order valence-corrected chi connectivity index (χ4v) is 0.387. The van der Waals surface area contributed by atoms with Crippen LogP contribution in [0.15, 0.2) is 0 Å². The molecule has 0 aliphatic carbocycles. The van der Waals surface area contributed by atoms with Gasteiger partial charge in [0.05, 0.1) is 13.0 Å². The van der Waals surface area contributed by atoms with Crippen LogP contribution in [0.1, 0.15) is 13.8 Å². The van der Waals surface area contributed by atoms with Gasteiger partial charge in [0.25, 0.3) is 12.6 Å². The van der Waals surface area contributed by atoms with Crippen molar-refractivity contribution in [3.8, 4) is 6.07 Å². The molecule has 0 aliphatic rings. The second-order valence-corrected chi connectivity index (χ2v) is 2.38. The van der Waals surface area contributed by atoms with Gasteiger partial charge in [0, 0.05) is 0 Å². The van der Waals surface area contributed by atoms with Crippen LogP contribution in [0.25, 0.3) is 4.85 Å². The van der Waals surface area contributed by atoms with Crippen LogP contribution in [0.4, 0.5) is 0 Å². The zero-order chi connectivity index (χ0) is 7.28. The first-order valence-electron chi connectivity index (χ1n) is 3.18. The summed E-state index contributed by atoms with van der Waals surface area (Å²) in [7, 11) is 4.10. The molecule has 0 radical (unpaired) electrons. The molecule has 1 atom stereocenters. The summed E-state index contributed by atoms with van der Waals surface area (Å²) in [5.74, 6) is 0. The van der Waals surface area contributed by atoms with Gasteiger partial charge in [0.15, 0.2) is 0 Å². The van der Waals surface area contributed by atoms with Gasteiger partial charge in [-0.2, -0.15) is 0 Å². The van der Waals surface area contributed by atoms with Crippen LogP contribution >= 0.6 is 0 Å². The van der Waals surface area contributed by atoms with E-state index in [4.69, 9.17) is 0 Å². The van der Waals surface area contributed by atoms with Crippen molar-refractivity contribution >= 4 is 0 Å². The van der Waals surface area contributed by atoms with E-state index in [0.29, 0.717) is 6.04 Å². The maximum absolute atomic E-state index is 4.00. The summed E-state index contributed by atoms with van der Waals surface area (Å²) in [6, 6.07) is 3.28. The van der Waals surface area contributed by atoms with E-state index in [2.05, 4.69) is 36.8 Å². The van der Waals surface area contributed by atoms with Crippen LogP contribution in [0.2, 0.25) is 0 Å². The molecular weight excluding hydrogens is 112 g/mol. The van der Waals surface area contributed by atoms with Crippen LogP contribution in [0.3, 0.4) is 0 Å². The molecule has 0 saturated carbocycles. The largest absolute Gasteiger partial charge is 0.300 e. The van der Waals surface area contributed by atoms with E-state index >= 15 is 0 Å². The van der Waals surface area contributed by atoms with Gasteiger partial charge in [-0.1, -0.05) is 4.85 Å². The molecular formula is C7H15N2+. The minimum atomic E-state index is 0.525. The van der Waals surface area contributed by atoms with Gasteiger partial charge >= 0.3 is 0 Å². The molecule has 9 heavy (non-hydrogen) atoms. The highest BCUT2D eigenvalue weighted by Gasteiger charge is 2.07. The van der Waals surface area contributed by atoms with Crippen molar-refractivity contribution in [3.63, 3.8) is 0 Å². The summed E-state index contributed by atoms with van der Waals surface area (Å²) in [5, 5.41) is 0. The highest BCUT2D eigenvalue weighted by atomic mass is 15.1. The SMILES string of the molecule is CC#[N+]CC(C)N(C)C. The number of likely N-dealkylation sites (N-methyl/N-ethyl adjacent to an activating group) is 1. The lowest BCUT2D eigenvalue weighted by molar-refractivity contribution is 0.330. The smallest absolute Gasteiger partial charge is 0.278 e. The molecule has 0 rings (SSSR count). The van der Waals surface area contributed by atoms with Crippen LogP contribution in [-0.4, -0.2) is 31.6 Å². The average Bonchev–Trinajstić information content (AvgIpc) is 1.82. The van der Waals surface area contributed by atoms with Crippen LogP contribution in [0.5, 0.6) is 0 Å². The summed E-state index contributed by atoms with van der Waals surface area (Å²) >= 11 is 0. The first kappa shape index (κ1) is 8.45. The highest BCUT2D eigenvalue weighted by molar-refractivity contribution is 4.83. The summed E-state index contributed by atoms with van der Waals surface area (Å²) in [6.07, 6.45) is 0. The van der Waals surface area contributed by atoms with E-state index in [-0.39, 0.29) is 0 Å². The molecule has 0 aromatic carbocycles. The first-order valence-corrected chi connectivity index (χ1v) is 3.18. The quantitative estimate of drug-likeness (QED) is 0.542. The monoisotopic (exact) mass is 127 g/mol. The Morgan fingerprint density at radius 1 is 1.56 bits per heavy atom. The van der Waals surface area contributed by atoms with Gasteiger partial charge in [-0.05, 0) is 21.0 Å². The number of nitrogens with zero attached hydrogens (tertiary/aromatic N) is 2. The van der Waals surface area contributed by atoms with Crippen LogP contribution < -0.4 is 0 Å². The molecule has 0 aliphatic heterocycles. The maximum Gasteiger partial charge on any atom is 0.278 e. The molecule has 0 spiro atoms. The van der Waals surface area contributed by atoms with E-state index in [0.717, 1.165) is 6.54 Å². The number of rotatable bonds is 2. The van der Waals surface area contributed by atoms with E-state index in [1.807, 2.05) is 6.92 Å². The zero-order valence-corrected chi connectivity index (χ0v) is 6.68. The highest BCUT2D eigenvalue weighted by Crippen LogP contribution is 1.90. The summed E-state index contributed by atoms with van der Waals surface area (Å²) < 4.78 is 0. The van der Waals surface area contributed by atoms with Gasteiger partial charge in [-0.3, -0.25) is 4.90 Å². The lowest BCUT2D eigenvalue weighted by Crippen LogP contribution is -2.26. The fraction of sp³-hybridized carbons (Fsp3) is 0.857. The van der Waals surface area contributed by atoms with E-state index in [9.17, 15) is 0 Å².